The second-order valence-electron chi connectivity index (χ2n) is 6.78. The first-order valence-corrected chi connectivity index (χ1v) is 9.36. The number of nitrogens with zero attached hydrogens (tertiary/aromatic N) is 5. The van der Waals surface area contributed by atoms with Crippen molar-refractivity contribution in [2.24, 2.45) is 0 Å². The van der Waals surface area contributed by atoms with E-state index in [4.69, 9.17) is 0 Å². The first-order valence-electron chi connectivity index (χ1n) is 9.36. The predicted molar refractivity (Wildman–Crippen MR) is 105 cm³/mol. The monoisotopic (exact) mass is 370 g/mol. The summed E-state index contributed by atoms with van der Waals surface area (Å²) in [5.74, 6) is 0.557. The van der Waals surface area contributed by atoms with Crippen LogP contribution in [0.1, 0.15) is 30.3 Å². The number of aromatic nitrogens is 3. The summed E-state index contributed by atoms with van der Waals surface area (Å²) in [6.45, 7) is 6.47. The van der Waals surface area contributed by atoms with Crippen LogP contribution in [0.15, 0.2) is 35.3 Å². The number of carbonyl (C=O) groups is 1. The molecule has 2 aromatic rings. The Bertz CT molecular complexity index is 825. The van der Waals surface area contributed by atoms with Gasteiger partial charge >= 0.3 is 0 Å². The molecule has 0 bridgehead atoms. The third-order valence-electron chi connectivity index (χ3n) is 4.66. The normalized spacial score (nSPS) is 15.0. The summed E-state index contributed by atoms with van der Waals surface area (Å²) in [7, 11) is 2.11. The lowest BCUT2D eigenvalue weighted by molar-refractivity contribution is 0.101. The molecule has 0 aromatic carbocycles. The van der Waals surface area contributed by atoms with E-state index in [0.717, 1.165) is 44.8 Å². The van der Waals surface area contributed by atoms with Crippen LogP contribution >= 0.6 is 0 Å². The van der Waals surface area contributed by atoms with Crippen LogP contribution in [-0.4, -0.2) is 58.8 Å². The maximum Gasteiger partial charge on any atom is 0.276 e. The smallest absolute Gasteiger partial charge is 0.276 e. The van der Waals surface area contributed by atoms with Gasteiger partial charge in [-0.2, -0.15) is 5.10 Å². The van der Waals surface area contributed by atoms with Crippen molar-refractivity contribution in [3.8, 4) is 0 Å². The Morgan fingerprint density at radius 3 is 2.59 bits per heavy atom. The van der Waals surface area contributed by atoms with Crippen LogP contribution in [-0.2, 0) is 6.54 Å². The molecule has 0 radical (unpaired) electrons. The van der Waals surface area contributed by atoms with Gasteiger partial charge < -0.3 is 15.1 Å². The number of hydrogen-bond donors (Lipinski definition) is 1. The number of nitrogens with one attached hydrogen (secondary N) is 1. The molecular formula is C19H26N6O2. The quantitative estimate of drug-likeness (QED) is 0.829. The van der Waals surface area contributed by atoms with Gasteiger partial charge in [0.05, 0.1) is 11.9 Å². The zero-order valence-electron chi connectivity index (χ0n) is 15.9. The average Bonchev–Trinajstić information content (AvgIpc) is 2.68. The van der Waals surface area contributed by atoms with Crippen LogP contribution in [0.5, 0.6) is 0 Å². The molecule has 1 fully saturated rings. The van der Waals surface area contributed by atoms with Gasteiger partial charge in [-0.05, 0) is 31.7 Å². The van der Waals surface area contributed by atoms with Gasteiger partial charge in [0.1, 0.15) is 11.5 Å². The number of carbonyl (C=O) groups excluding carboxylic acids is 1. The van der Waals surface area contributed by atoms with Crippen LogP contribution in [0.2, 0.25) is 0 Å². The average molecular weight is 370 g/mol. The van der Waals surface area contributed by atoms with E-state index in [1.807, 2.05) is 19.1 Å². The molecule has 1 amide bonds. The van der Waals surface area contributed by atoms with Crippen molar-refractivity contribution in [3.05, 3.63) is 46.5 Å². The van der Waals surface area contributed by atoms with Crippen molar-refractivity contribution in [2.45, 2.75) is 26.3 Å². The molecule has 1 aliphatic heterocycles. The van der Waals surface area contributed by atoms with Crippen molar-refractivity contribution in [1.82, 2.24) is 19.7 Å². The van der Waals surface area contributed by atoms with Gasteiger partial charge in [0.15, 0.2) is 0 Å². The van der Waals surface area contributed by atoms with Gasteiger partial charge in [-0.25, -0.2) is 9.67 Å². The first kappa shape index (κ1) is 19.0. The Morgan fingerprint density at radius 2 is 1.93 bits per heavy atom. The molecule has 1 N–H and O–H groups in total. The molecule has 1 saturated heterocycles. The largest absolute Gasteiger partial charge is 0.354 e. The van der Waals surface area contributed by atoms with Crippen molar-refractivity contribution >= 4 is 17.4 Å². The third-order valence-corrected chi connectivity index (χ3v) is 4.66. The van der Waals surface area contributed by atoms with Crippen molar-refractivity contribution < 1.29 is 4.79 Å². The molecule has 0 atom stereocenters. The number of hydrogen-bond acceptors (Lipinski definition) is 6. The Kier molecular flexibility index (Phi) is 6.18. The lowest BCUT2D eigenvalue weighted by Gasteiger charge is -2.33. The van der Waals surface area contributed by atoms with E-state index in [1.165, 1.54) is 16.8 Å². The van der Waals surface area contributed by atoms with E-state index in [9.17, 15) is 9.59 Å². The molecule has 2 aromatic heterocycles. The van der Waals surface area contributed by atoms with Gasteiger partial charge in [0.25, 0.3) is 11.5 Å². The fourth-order valence-corrected chi connectivity index (χ4v) is 2.92. The van der Waals surface area contributed by atoms with E-state index in [0.29, 0.717) is 12.2 Å². The molecule has 8 heteroatoms. The topological polar surface area (TPSA) is 83.4 Å². The Morgan fingerprint density at radius 1 is 1.15 bits per heavy atom. The SMILES string of the molecule is CCCCn1nc(C(=O)Nc2ccc(N3CCN(C)CC3)nc2)ccc1=O. The van der Waals surface area contributed by atoms with Crippen molar-refractivity contribution in [3.63, 3.8) is 0 Å². The van der Waals surface area contributed by atoms with E-state index in [-0.39, 0.29) is 17.2 Å². The fraction of sp³-hybridized carbons (Fsp3) is 0.474. The molecule has 0 spiro atoms. The van der Waals surface area contributed by atoms with Crippen molar-refractivity contribution in [2.75, 3.05) is 43.4 Å². The third kappa shape index (κ3) is 4.91. The lowest BCUT2D eigenvalue weighted by Crippen LogP contribution is -2.44. The van der Waals surface area contributed by atoms with E-state index in [2.05, 4.69) is 32.2 Å². The minimum absolute atomic E-state index is 0.196. The zero-order valence-corrected chi connectivity index (χ0v) is 15.9. The van der Waals surface area contributed by atoms with Gasteiger partial charge in [-0.1, -0.05) is 13.3 Å². The van der Waals surface area contributed by atoms with E-state index >= 15 is 0 Å². The summed E-state index contributed by atoms with van der Waals surface area (Å²) in [5.41, 5.74) is 0.623. The van der Waals surface area contributed by atoms with Gasteiger partial charge in [0.2, 0.25) is 0 Å². The maximum absolute atomic E-state index is 12.4. The summed E-state index contributed by atoms with van der Waals surface area (Å²) >= 11 is 0. The van der Waals surface area contributed by atoms with Crippen LogP contribution in [0.3, 0.4) is 0 Å². The van der Waals surface area contributed by atoms with E-state index in [1.54, 1.807) is 6.20 Å². The molecule has 3 rings (SSSR count). The number of aryl methyl sites for hydroxylation is 1. The van der Waals surface area contributed by atoms with Gasteiger partial charge in [0, 0.05) is 38.8 Å². The second-order valence-corrected chi connectivity index (χ2v) is 6.78. The number of likely N-dealkylation sites (N-methyl/N-ethyl adjacent to an activating group) is 1. The minimum Gasteiger partial charge on any atom is -0.354 e. The number of rotatable bonds is 6. The number of piperazine rings is 1. The van der Waals surface area contributed by atoms with Crippen molar-refractivity contribution in [1.29, 1.82) is 0 Å². The second kappa shape index (κ2) is 8.77. The minimum atomic E-state index is -0.352. The number of amides is 1. The Labute approximate surface area is 158 Å². The Balaban J connectivity index is 1.65. The Hall–Kier alpha value is -2.74. The van der Waals surface area contributed by atoms with Crippen LogP contribution in [0, 0.1) is 0 Å². The van der Waals surface area contributed by atoms with Crippen LogP contribution < -0.4 is 15.8 Å². The summed E-state index contributed by atoms with van der Waals surface area (Å²) in [5, 5.41) is 6.95. The highest BCUT2D eigenvalue weighted by Gasteiger charge is 2.15. The molecule has 0 aliphatic carbocycles. The van der Waals surface area contributed by atoms with Crippen LogP contribution in [0.4, 0.5) is 11.5 Å². The first-order chi connectivity index (χ1) is 13.1. The number of pyridine rings is 1. The highest BCUT2D eigenvalue weighted by molar-refractivity contribution is 6.02. The molecular weight excluding hydrogens is 344 g/mol. The fourth-order valence-electron chi connectivity index (χ4n) is 2.92. The highest BCUT2D eigenvalue weighted by Crippen LogP contribution is 2.16. The predicted octanol–water partition coefficient (Wildman–Crippen LogP) is 1.44. The summed E-state index contributed by atoms with van der Waals surface area (Å²) in [6, 6.07) is 6.58. The molecule has 27 heavy (non-hydrogen) atoms. The van der Waals surface area contributed by atoms with Crippen LogP contribution in [0.25, 0.3) is 0 Å². The molecule has 144 valence electrons. The summed E-state index contributed by atoms with van der Waals surface area (Å²) < 4.78 is 1.34. The van der Waals surface area contributed by atoms with Gasteiger partial charge in [-0.15, -0.1) is 0 Å². The summed E-state index contributed by atoms with van der Waals surface area (Å²) in [6.07, 6.45) is 3.45. The van der Waals surface area contributed by atoms with E-state index < -0.39 is 0 Å². The molecule has 1 aliphatic rings. The molecule has 0 saturated carbocycles. The van der Waals surface area contributed by atoms with Gasteiger partial charge in [-0.3, -0.25) is 9.59 Å². The molecule has 8 nitrogen and oxygen atoms in total. The molecule has 3 heterocycles. The number of anilines is 2. The standard InChI is InChI=1S/C19H26N6O2/c1-3-4-9-25-18(26)8-6-16(22-25)19(27)21-15-5-7-17(20-14-15)24-12-10-23(2)11-13-24/h5-8,14H,3-4,9-13H2,1-2H3,(H,21,27). The summed E-state index contributed by atoms with van der Waals surface area (Å²) in [4.78, 5) is 33.2. The number of unbranched alkanes of at least 4 members (excludes halogenated alkanes) is 1. The highest BCUT2D eigenvalue weighted by atomic mass is 16.2. The zero-order chi connectivity index (χ0) is 19.2. The maximum atomic E-state index is 12.4. The lowest BCUT2D eigenvalue weighted by atomic mass is 10.3. The molecule has 0 unspecified atom stereocenters.